The van der Waals surface area contributed by atoms with Gasteiger partial charge in [0.05, 0.1) is 5.92 Å². The Morgan fingerprint density at radius 2 is 2.09 bits per heavy atom. The molecule has 1 fully saturated rings. The molecule has 1 aliphatic heterocycles. The van der Waals surface area contributed by atoms with E-state index in [1.807, 2.05) is 0 Å². The van der Waals surface area contributed by atoms with Crippen LogP contribution in [0.4, 0.5) is 8.78 Å². The Morgan fingerprint density at radius 3 is 2.77 bits per heavy atom. The largest absolute Gasteiger partial charge is 0.355 e. The van der Waals surface area contributed by atoms with Crippen molar-refractivity contribution in [1.29, 1.82) is 0 Å². The van der Waals surface area contributed by atoms with Gasteiger partial charge in [0.2, 0.25) is 5.91 Å². The fourth-order valence-corrected chi connectivity index (χ4v) is 2.53. The smallest absolute Gasteiger partial charge is 0.253 e. The van der Waals surface area contributed by atoms with Crippen molar-refractivity contribution in [3.05, 3.63) is 35.4 Å². The van der Waals surface area contributed by atoms with Crippen LogP contribution in [0.3, 0.4) is 0 Å². The second kappa shape index (κ2) is 7.31. The molecule has 3 N–H and O–H groups in total. The SMILES string of the molecule is NCCNC(=O)C1CCCN(C(=O)c2ccc(F)c(F)c2)C1. The van der Waals surface area contributed by atoms with Crippen LogP contribution in [-0.2, 0) is 4.79 Å². The zero-order valence-electron chi connectivity index (χ0n) is 12.1. The molecule has 1 atom stereocenters. The number of nitrogens with two attached hydrogens (primary N) is 1. The highest BCUT2D eigenvalue weighted by atomic mass is 19.2. The lowest BCUT2D eigenvalue weighted by Crippen LogP contribution is -2.46. The molecule has 0 spiro atoms. The Labute approximate surface area is 127 Å². The summed E-state index contributed by atoms with van der Waals surface area (Å²) in [5, 5.41) is 2.71. The summed E-state index contributed by atoms with van der Waals surface area (Å²) < 4.78 is 26.2. The molecule has 5 nitrogen and oxygen atoms in total. The molecular formula is C15H19F2N3O2. The van der Waals surface area contributed by atoms with Crippen molar-refractivity contribution in [3.8, 4) is 0 Å². The van der Waals surface area contributed by atoms with Crippen LogP contribution in [0.25, 0.3) is 0 Å². The molecule has 1 aromatic carbocycles. The molecule has 1 aliphatic rings. The predicted molar refractivity (Wildman–Crippen MR) is 77.0 cm³/mol. The Kier molecular flexibility index (Phi) is 5.43. The third-order valence-corrected chi connectivity index (χ3v) is 3.69. The third-order valence-electron chi connectivity index (χ3n) is 3.69. The van der Waals surface area contributed by atoms with Crippen molar-refractivity contribution >= 4 is 11.8 Å². The Hall–Kier alpha value is -2.02. The van der Waals surface area contributed by atoms with Gasteiger partial charge in [-0.3, -0.25) is 9.59 Å². The molecule has 0 aromatic heterocycles. The van der Waals surface area contributed by atoms with E-state index in [0.29, 0.717) is 32.5 Å². The number of nitrogens with zero attached hydrogens (tertiary/aromatic N) is 1. The Bertz CT molecular complexity index is 566. The zero-order chi connectivity index (χ0) is 16.1. The minimum absolute atomic E-state index is 0.0851. The number of amides is 2. The maximum Gasteiger partial charge on any atom is 0.253 e. The molecule has 1 heterocycles. The number of nitrogens with one attached hydrogen (secondary N) is 1. The van der Waals surface area contributed by atoms with Crippen molar-refractivity contribution < 1.29 is 18.4 Å². The average Bonchev–Trinajstić information content (AvgIpc) is 2.54. The van der Waals surface area contributed by atoms with E-state index in [4.69, 9.17) is 5.73 Å². The van der Waals surface area contributed by atoms with Gasteiger partial charge in [0.1, 0.15) is 0 Å². The molecule has 1 saturated heterocycles. The normalized spacial score (nSPS) is 18.1. The number of carbonyl (C=O) groups excluding carboxylic acids is 2. The number of piperidine rings is 1. The van der Waals surface area contributed by atoms with E-state index in [-0.39, 0.29) is 23.9 Å². The summed E-state index contributed by atoms with van der Waals surface area (Å²) in [5.74, 6) is -2.87. The maximum absolute atomic E-state index is 13.2. The van der Waals surface area contributed by atoms with Crippen LogP contribution in [0.1, 0.15) is 23.2 Å². The van der Waals surface area contributed by atoms with E-state index in [1.54, 1.807) is 0 Å². The number of halogens is 2. The first-order valence-electron chi connectivity index (χ1n) is 7.25. The number of benzene rings is 1. The molecule has 120 valence electrons. The highest BCUT2D eigenvalue weighted by Crippen LogP contribution is 2.19. The molecule has 1 unspecified atom stereocenters. The highest BCUT2D eigenvalue weighted by molar-refractivity contribution is 5.94. The number of likely N-dealkylation sites (tertiary alicyclic amines) is 1. The van der Waals surface area contributed by atoms with Gasteiger partial charge in [0.25, 0.3) is 5.91 Å². The van der Waals surface area contributed by atoms with Crippen molar-refractivity contribution in [3.63, 3.8) is 0 Å². The molecule has 1 aromatic rings. The molecule has 0 radical (unpaired) electrons. The van der Waals surface area contributed by atoms with Crippen molar-refractivity contribution in [2.24, 2.45) is 11.7 Å². The molecule has 2 rings (SSSR count). The quantitative estimate of drug-likeness (QED) is 0.867. The standard InChI is InChI=1S/C15H19F2N3O2/c16-12-4-3-10(8-13(12)17)15(22)20-7-1-2-11(9-20)14(21)19-6-5-18/h3-4,8,11H,1-2,5-7,9,18H2,(H,19,21). The van der Waals surface area contributed by atoms with Crippen molar-refractivity contribution in [1.82, 2.24) is 10.2 Å². The lowest BCUT2D eigenvalue weighted by Gasteiger charge is -2.32. The molecule has 0 saturated carbocycles. The van der Waals surface area contributed by atoms with Crippen LogP contribution < -0.4 is 11.1 Å². The van der Waals surface area contributed by atoms with E-state index in [0.717, 1.165) is 12.1 Å². The second-order valence-electron chi connectivity index (χ2n) is 5.30. The van der Waals surface area contributed by atoms with Gasteiger partial charge in [-0.1, -0.05) is 0 Å². The monoisotopic (exact) mass is 311 g/mol. The van der Waals surface area contributed by atoms with Crippen LogP contribution in [0.2, 0.25) is 0 Å². The number of carbonyl (C=O) groups is 2. The summed E-state index contributed by atoms with van der Waals surface area (Å²) in [6.45, 7) is 1.52. The lowest BCUT2D eigenvalue weighted by molar-refractivity contribution is -0.126. The summed E-state index contributed by atoms with van der Waals surface area (Å²) >= 11 is 0. The van der Waals surface area contributed by atoms with Gasteiger partial charge in [0, 0.05) is 31.7 Å². The van der Waals surface area contributed by atoms with E-state index >= 15 is 0 Å². The second-order valence-corrected chi connectivity index (χ2v) is 5.30. The number of hydrogen-bond acceptors (Lipinski definition) is 3. The first-order valence-corrected chi connectivity index (χ1v) is 7.25. The third kappa shape index (κ3) is 3.79. The summed E-state index contributed by atoms with van der Waals surface area (Å²) in [7, 11) is 0. The summed E-state index contributed by atoms with van der Waals surface area (Å²) in [5.41, 5.74) is 5.42. The van der Waals surface area contributed by atoms with Crippen LogP contribution >= 0.6 is 0 Å². The minimum atomic E-state index is -1.06. The Morgan fingerprint density at radius 1 is 1.32 bits per heavy atom. The van der Waals surface area contributed by atoms with E-state index in [9.17, 15) is 18.4 Å². The van der Waals surface area contributed by atoms with Crippen molar-refractivity contribution in [2.45, 2.75) is 12.8 Å². The van der Waals surface area contributed by atoms with Gasteiger partial charge in [-0.2, -0.15) is 0 Å². The summed E-state index contributed by atoms with van der Waals surface area (Å²) in [6.07, 6.45) is 1.38. The van der Waals surface area contributed by atoms with Gasteiger partial charge in [-0.15, -0.1) is 0 Å². The maximum atomic E-state index is 13.2. The van der Waals surface area contributed by atoms with Crippen LogP contribution in [-0.4, -0.2) is 42.9 Å². The van der Waals surface area contributed by atoms with Crippen LogP contribution in [0.15, 0.2) is 18.2 Å². The van der Waals surface area contributed by atoms with Gasteiger partial charge >= 0.3 is 0 Å². The Balaban J connectivity index is 2.03. The fraction of sp³-hybridized carbons (Fsp3) is 0.467. The van der Waals surface area contributed by atoms with E-state index in [1.165, 1.54) is 11.0 Å². The van der Waals surface area contributed by atoms with Crippen LogP contribution in [0.5, 0.6) is 0 Å². The van der Waals surface area contributed by atoms with E-state index in [2.05, 4.69) is 5.32 Å². The minimum Gasteiger partial charge on any atom is -0.355 e. The molecule has 7 heteroatoms. The predicted octanol–water partition coefficient (Wildman–Crippen LogP) is 0.892. The first kappa shape index (κ1) is 16.4. The first-order chi connectivity index (χ1) is 10.5. The summed E-state index contributed by atoms with van der Waals surface area (Å²) in [6, 6.07) is 3.06. The zero-order valence-corrected chi connectivity index (χ0v) is 12.1. The van der Waals surface area contributed by atoms with Gasteiger partial charge < -0.3 is 16.0 Å². The van der Waals surface area contributed by atoms with Gasteiger partial charge in [0.15, 0.2) is 11.6 Å². The molecular weight excluding hydrogens is 292 g/mol. The molecule has 2 amide bonds. The van der Waals surface area contributed by atoms with E-state index < -0.39 is 17.5 Å². The van der Waals surface area contributed by atoms with Gasteiger partial charge in [-0.05, 0) is 31.0 Å². The van der Waals surface area contributed by atoms with Crippen molar-refractivity contribution in [2.75, 3.05) is 26.2 Å². The van der Waals surface area contributed by atoms with Gasteiger partial charge in [-0.25, -0.2) is 8.78 Å². The lowest BCUT2D eigenvalue weighted by atomic mass is 9.96. The molecule has 0 bridgehead atoms. The fourth-order valence-electron chi connectivity index (χ4n) is 2.53. The summed E-state index contributed by atoms with van der Waals surface area (Å²) in [4.78, 5) is 25.8. The number of hydrogen-bond donors (Lipinski definition) is 2. The highest BCUT2D eigenvalue weighted by Gasteiger charge is 2.29. The molecule has 22 heavy (non-hydrogen) atoms. The average molecular weight is 311 g/mol. The topological polar surface area (TPSA) is 75.4 Å². The number of rotatable bonds is 4. The van der Waals surface area contributed by atoms with Crippen LogP contribution in [0, 0.1) is 17.6 Å². The molecule has 0 aliphatic carbocycles.